The Morgan fingerprint density at radius 3 is 2.75 bits per heavy atom. The second-order valence-corrected chi connectivity index (χ2v) is 7.54. The normalized spacial score (nSPS) is 13.9. The second-order valence-electron chi connectivity index (χ2n) is 6.78. The van der Waals surface area contributed by atoms with E-state index in [0.29, 0.717) is 11.4 Å². The molecule has 0 bridgehead atoms. The third-order valence-corrected chi connectivity index (χ3v) is 5.77. The molecule has 0 saturated heterocycles. The van der Waals surface area contributed by atoms with E-state index in [1.807, 2.05) is 0 Å². The minimum Gasteiger partial charge on any atom is -0.329 e. The van der Waals surface area contributed by atoms with Crippen molar-refractivity contribution in [2.75, 3.05) is 5.32 Å². The smallest absolute Gasteiger partial charge is 0.272 e. The zero-order valence-electron chi connectivity index (χ0n) is 15.2. The Bertz CT molecular complexity index is 1060. The van der Waals surface area contributed by atoms with Gasteiger partial charge in [-0.3, -0.25) is 4.79 Å². The number of carbonyl (C=O) groups is 1. The molecule has 2 aromatic heterocycles. The van der Waals surface area contributed by atoms with Crippen LogP contribution in [-0.4, -0.2) is 25.2 Å². The summed E-state index contributed by atoms with van der Waals surface area (Å²) in [6.07, 6.45) is 4.17. The lowest BCUT2D eigenvalue weighted by molar-refractivity contribution is 0.101. The molecule has 0 saturated carbocycles. The van der Waals surface area contributed by atoms with Crippen molar-refractivity contribution < 1.29 is 9.18 Å². The van der Waals surface area contributed by atoms with Crippen molar-refractivity contribution in [2.45, 2.75) is 32.2 Å². The first-order chi connectivity index (χ1) is 13.5. The van der Waals surface area contributed by atoms with Gasteiger partial charge in [0.05, 0.1) is 10.7 Å². The molecule has 1 amide bonds. The number of anilines is 1. The van der Waals surface area contributed by atoms with Crippen LogP contribution in [0.3, 0.4) is 0 Å². The molecule has 4 rings (SSSR count). The first kappa shape index (κ1) is 19.0. The number of nitrogens with zero attached hydrogens (tertiary/aromatic N) is 4. The number of amides is 1. The minimum absolute atomic E-state index is 0.0573. The first-order valence-electron chi connectivity index (χ1n) is 9.00. The Morgan fingerprint density at radius 1 is 1.18 bits per heavy atom. The number of nitrogens with one attached hydrogen (secondary N) is 1. The Labute approximate surface area is 171 Å². The Balaban J connectivity index is 1.66. The van der Waals surface area contributed by atoms with Crippen LogP contribution in [0.1, 0.15) is 35.6 Å². The molecule has 0 aliphatic carbocycles. The average molecular weight is 422 g/mol. The summed E-state index contributed by atoms with van der Waals surface area (Å²) in [4.78, 5) is 12.6. The Morgan fingerprint density at radius 2 is 2.00 bits per heavy atom. The standard InChI is InChI=1S/C19H18Cl2FN5O/c1-26-15(10-12(20)17(26)21)19(28)23-14-9-11(6-7-13(14)22)18-25-24-16-5-3-2-4-8-27(16)18/h6-7,9-10H,2-5,8H2,1H3,(H,23,28). The third kappa shape index (κ3) is 3.40. The molecule has 6 nitrogen and oxygen atoms in total. The van der Waals surface area contributed by atoms with E-state index in [4.69, 9.17) is 23.2 Å². The van der Waals surface area contributed by atoms with Crippen LogP contribution in [0.5, 0.6) is 0 Å². The number of fused-ring (bicyclic) bond motifs is 1. The highest BCUT2D eigenvalue weighted by molar-refractivity contribution is 6.42. The van der Waals surface area contributed by atoms with Gasteiger partial charge in [-0.05, 0) is 37.1 Å². The molecule has 1 aliphatic heterocycles. The summed E-state index contributed by atoms with van der Waals surface area (Å²) in [7, 11) is 1.61. The zero-order valence-corrected chi connectivity index (χ0v) is 16.7. The molecule has 3 heterocycles. The number of benzene rings is 1. The van der Waals surface area contributed by atoms with Gasteiger partial charge in [-0.2, -0.15) is 0 Å². The number of aryl methyl sites for hydroxylation is 1. The van der Waals surface area contributed by atoms with Crippen molar-refractivity contribution in [1.29, 1.82) is 0 Å². The number of hydrogen-bond acceptors (Lipinski definition) is 3. The molecule has 9 heteroatoms. The van der Waals surface area contributed by atoms with Gasteiger partial charge >= 0.3 is 0 Å². The van der Waals surface area contributed by atoms with Crippen molar-refractivity contribution >= 4 is 34.8 Å². The number of aromatic nitrogens is 4. The predicted octanol–water partition coefficient (Wildman–Crippen LogP) is 4.71. The first-order valence-corrected chi connectivity index (χ1v) is 9.75. The van der Waals surface area contributed by atoms with Gasteiger partial charge in [0.2, 0.25) is 0 Å². The van der Waals surface area contributed by atoms with Gasteiger partial charge in [0.15, 0.2) is 5.82 Å². The largest absolute Gasteiger partial charge is 0.329 e. The third-order valence-electron chi connectivity index (χ3n) is 4.93. The van der Waals surface area contributed by atoms with Crippen LogP contribution in [0, 0.1) is 5.82 Å². The fourth-order valence-electron chi connectivity index (χ4n) is 3.41. The molecule has 0 unspecified atom stereocenters. The maximum Gasteiger partial charge on any atom is 0.272 e. The average Bonchev–Trinajstić information content (AvgIpc) is 3.09. The summed E-state index contributed by atoms with van der Waals surface area (Å²) in [5, 5.41) is 11.7. The molecule has 0 radical (unpaired) electrons. The molecule has 3 aromatic rings. The number of rotatable bonds is 3. The molecule has 28 heavy (non-hydrogen) atoms. The highest BCUT2D eigenvalue weighted by atomic mass is 35.5. The monoisotopic (exact) mass is 421 g/mol. The lowest BCUT2D eigenvalue weighted by Gasteiger charge is -2.11. The fourth-order valence-corrected chi connectivity index (χ4v) is 3.78. The quantitative estimate of drug-likeness (QED) is 0.665. The van der Waals surface area contributed by atoms with Gasteiger partial charge in [0.1, 0.15) is 22.5 Å². The van der Waals surface area contributed by atoms with Crippen molar-refractivity contribution in [3.63, 3.8) is 0 Å². The summed E-state index contributed by atoms with van der Waals surface area (Å²) >= 11 is 12.0. The van der Waals surface area contributed by atoms with Gasteiger partial charge in [-0.15, -0.1) is 10.2 Å². The highest BCUT2D eigenvalue weighted by Gasteiger charge is 2.20. The zero-order chi connectivity index (χ0) is 19.8. The van der Waals surface area contributed by atoms with Gasteiger partial charge in [-0.1, -0.05) is 29.6 Å². The number of hydrogen-bond donors (Lipinski definition) is 1. The van der Waals surface area contributed by atoms with Crippen molar-refractivity contribution in [1.82, 2.24) is 19.3 Å². The molecule has 0 spiro atoms. The molecule has 1 N–H and O–H groups in total. The molecule has 146 valence electrons. The maximum absolute atomic E-state index is 14.4. The predicted molar refractivity (Wildman–Crippen MR) is 106 cm³/mol. The van der Waals surface area contributed by atoms with Crippen LogP contribution in [0.2, 0.25) is 10.2 Å². The van der Waals surface area contributed by atoms with E-state index in [1.165, 1.54) is 16.7 Å². The van der Waals surface area contributed by atoms with E-state index in [9.17, 15) is 9.18 Å². The van der Waals surface area contributed by atoms with Crippen LogP contribution in [0.25, 0.3) is 11.4 Å². The molecule has 1 aromatic carbocycles. The highest BCUT2D eigenvalue weighted by Crippen LogP contribution is 2.28. The summed E-state index contributed by atoms with van der Waals surface area (Å²) < 4.78 is 17.9. The lowest BCUT2D eigenvalue weighted by Crippen LogP contribution is -2.16. The SMILES string of the molecule is Cn1c(C(=O)Nc2cc(-c3nnc4n3CCCCC4)ccc2F)cc(Cl)c1Cl. The molecule has 0 fully saturated rings. The second kappa shape index (κ2) is 7.56. The van der Waals surface area contributed by atoms with Crippen LogP contribution in [0.15, 0.2) is 24.3 Å². The number of carbonyl (C=O) groups excluding carboxylic acids is 1. The molecular weight excluding hydrogens is 404 g/mol. The van der Waals surface area contributed by atoms with E-state index in [0.717, 1.165) is 38.1 Å². The number of halogens is 3. The lowest BCUT2D eigenvalue weighted by atomic mass is 10.1. The van der Waals surface area contributed by atoms with Gasteiger partial charge in [0, 0.05) is 25.6 Å². The van der Waals surface area contributed by atoms with Crippen LogP contribution in [0.4, 0.5) is 10.1 Å². The molecule has 0 atom stereocenters. The maximum atomic E-state index is 14.4. The van der Waals surface area contributed by atoms with E-state index in [2.05, 4.69) is 20.1 Å². The van der Waals surface area contributed by atoms with Gasteiger partial charge in [0.25, 0.3) is 5.91 Å². The summed E-state index contributed by atoms with van der Waals surface area (Å²) in [6, 6.07) is 5.97. The van der Waals surface area contributed by atoms with Gasteiger partial charge < -0.3 is 14.5 Å². The topological polar surface area (TPSA) is 64.7 Å². The van der Waals surface area contributed by atoms with Crippen molar-refractivity contribution in [3.8, 4) is 11.4 Å². The van der Waals surface area contributed by atoms with E-state index in [1.54, 1.807) is 19.2 Å². The van der Waals surface area contributed by atoms with Crippen LogP contribution < -0.4 is 5.32 Å². The van der Waals surface area contributed by atoms with Crippen molar-refractivity contribution in [3.05, 3.63) is 51.8 Å². The fraction of sp³-hybridized carbons (Fsp3) is 0.316. The summed E-state index contributed by atoms with van der Waals surface area (Å²) in [5.74, 6) is 0.569. The minimum atomic E-state index is -0.542. The van der Waals surface area contributed by atoms with Crippen LogP contribution >= 0.6 is 23.2 Å². The van der Waals surface area contributed by atoms with Crippen molar-refractivity contribution in [2.24, 2.45) is 7.05 Å². The molecule has 1 aliphatic rings. The van der Waals surface area contributed by atoms with Gasteiger partial charge in [-0.25, -0.2) is 4.39 Å². The Kier molecular flexibility index (Phi) is 5.12. The summed E-state index contributed by atoms with van der Waals surface area (Å²) in [5.41, 5.74) is 0.985. The van der Waals surface area contributed by atoms with Crippen LogP contribution in [-0.2, 0) is 20.0 Å². The molecular formula is C19H18Cl2FN5O. The van der Waals surface area contributed by atoms with E-state index < -0.39 is 11.7 Å². The summed E-state index contributed by atoms with van der Waals surface area (Å²) in [6.45, 7) is 0.830. The van der Waals surface area contributed by atoms with E-state index in [-0.39, 0.29) is 21.6 Å². The van der Waals surface area contributed by atoms with E-state index >= 15 is 0 Å². The Hall–Kier alpha value is -2.38.